The smallest absolute Gasteiger partial charge is 0.119 e. The fourth-order valence-electron chi connectivity index (χ4n) is 2.25. The van der Waals surface area contributed by atoms with E-state index in [4.69, 9.17) is 15.7 Å². The highest BCUT2D eigenvalue weighted by Crippen LogP contribution is 2.39. The molecule has 0 aliphatic heterocycles. The van der Waals surface area contributed by atoms with E-state index < -0.39 is 0 Å². The standard InChI is InChI=1S/C17H16N2O/c18-10-12-1-3-13(4-2-12)11-20-15-7-5-14(6-8-15)16-9-17(16)19/h1-8,16-17H,9,11,19H2. The number of benzene rings is 2. The fourth-order valence-corrected chi connectivity index (χ4v) is 2.25. The molecule has 0 spiro atoms. The fraction of sp³-hybridized carbons (Fsp3) is 0.235. The number of rotatable bonds is 4. The summed E-state index contributed by atoms with van der Waals surface area (Å²) in [5, 5.41) is 8.74. The largest absolute Gasteiger partial charge is 0.489 e. The summed E-state index contributed by atoms with van der Waals surface area (Å²) in [7, 11) is 0. The van der Waals surface area contributed by atoms with E-state index >= 15 is 0 Å². The summed E-state index contributed by atoms with van der Waals surface area (Å²) in [5.74, 6) is 1.38. The maximum absolute atomic E-state index is 8.74. The third kappa shape index (κ3) is 2.81. The van der Waals surface area contributed by atoms with Gasteiger partial charge in [-0.3, -0.25) is 0 Å². The Balaban J connectivity index is 1.59. The van der Waals surface area contributed by atoms with Crippen LogP contribution in [0.3, 0.4) is 0 Å². The molecular weight excluding hydrogens is 248 g/mol. The molecule has 2 atom stereocenters. The van der Waals surface area contributed by atoms with Gasteiger partial charge in [0, 0.05) is 12.0 Å². The molecule has 0 aromatic heterocycles. The van der Waals surface area contributed by atoms with Crippen LogP contribution < -0.4 is 10.5 Å². The molecule has 100 valence electrons. The predicted molar refractivity (Wildman–Crippen MR) is 77.3 cm³/mol. The van der Waals surface area contributed by atoms with Crippen molar-refractivity contribution in [2.75, 3.05) is 0 Å². The molecule has 2 N–H and O–H groups in total. The molecule has 0 saturated heterocycles. The molecule has 0 bridgehead atoms. The van der Waals surface area contributed by atoms with Gasteiger partial charge in [-0.05, 0) is 41.8 Å². The summed E-state index contributed by atoms with van der Waals surface area (Å²) in [4.78, 5) is 0. The van der Waals surface area contributed by atoms with E-state index in [0.29, 0.717) is 24.1 Å². The van der Waals surface area contributed by atoms with Gasteiger partial charge in [0.2, 0.25) is 0 Å². The van der Waals surface area contributed by atoms with Gasteiger partial charge in [0.25, 0.3) is 0 Å². The Morgan fingerprint density at radius 1 is 1.10 bits per heavy atom. The Morgan fingerprint density at radius 2 is 1.75 bits per heavy atom. The van der Waals surface area contributed by atoms with Crippen LogP contribution >= 0.6 is 0 Å². The lowest BCUT2D eigenvalue weighted by Gasteiger charge is -2.07. The number of hydrogen-bond donors (Lipinski definition) is 1. The monoisotopic (exact) mass is 264 g/mol. The second-order valence-electron chi connectivity index (χ2n) is 5.17. The molecule has 2 unspecified atom stereocenters. The minimum absolute atomic E-state index is 0.334. The van der Waals surface area contributed by atoms with Crippen molar-refractivity contribution in [2.45, 2.75) is 25.0 Å². The molecular formula is C17H16N2O. The van der Waals surface area contributed by atoms with Crippen LogP contribution in [0.5, 0.6) is 5.75 Å². The van der Waals surface area contributed by atoms with Crippen LogP contribution in [0.2, 0.25) is 0 Å². The lowest BCUT2D eigenvalue weighted by Crippen LogP contribution is -2.01. The average molecular weight is 264 g/mol. The van der Waals surface area contributed by atoms with Crippen molar-refractivity contribution in [3.8, 4) is 11.8 Å². The minimum Gasteiger partial charge on any atom is -0.489 e. The molecule has 0 heterocycles. The SMILES string of the molecule is N#Cc1ccc(COc2ccc(C3CC3N)cc2)cc1. The zero-order chi connectivity index (χ0) is 13.9. The van der Waals surface area contributed by atoms with Crippen molar-refractivity contribution in [1.82, 2.24) is 0 Å². The second-order valence-corrected chi connectivity index (χ2v) is 5.17. The zero-order valence-corrected chi connectivity index (χ0v) is 11.1. The normalized spacial score (nSPS) is 20.2. The lowest BCUT2D eigenvalue weighted by molar-refractivity contribution is 0.306. The Morgan fingerprint density at radius 3 is 2.30 bits per heavy atom. The van der Waals surface area contributed by atoms with E-state index in [2.05, 4.69) is 18.2 Å². The number of nitrogens with zero attached hydrogens (tertiary/aromatic N) is 1. The first-order valence-electron chi connectivity index (χ1n) is 6.73. The van der Waals surface area contributed by atoms with Crippen LogP contribution in [0, 0.1) is 11.3 Å². The van der Waals surface area contributed by atoms with Gasteiger partial charge in [-0.1, -0.05) is 24.3 Å². The Hall–Kier alpha value is -2.31. The molecule has 1 aliphatic carbocycles. The van der Waals surface area contributed by atoms with Crippen LogP contribution in [0.15, 0.2) is 48.5 Å². The van der Waals surface area contributed by atoms with E-state index in [1.165, 1.54) is 5.56 Å². The van der Waals surface area contributed by atoms with E-state index in [1.807, 2.05) is 24.3 Å². The quantitative estimate of drug-likeness (QED) is 0.923. The average Bonchev–Trinajstić information content (AvgIpc) is 3.23. The lowest BCUT2D eigenvalue weighted by atomic mass is 10.1. The summed E-state index contributed by atoms with van der Waals surface area (Å²) >= 11 is 0. The summed E-state index contributed by atoms with van der Waals surface area (Å²) in [6.45, 7) is 0.508. The predicted octanol–water partition coefficient (Wildman–Crippen LogP) is 2.95. The molecule has 0 amide bonds. The number of ether oxygens (including phenoxy) is 1. The van der Waals surface area contributed by atoms with Crippen molar-refractivity contribution in [3.63, 3.8) is 0 Å². The molecule has 2 aromatic rings. The Bertz CT molecular complexity index is 626. The van der Waals surface area contributed by atoms with Gasteiger partial charge in [0.1, 0.15) is 12.4 Å². The molecule has 1 fully saturated rings. The van der Waals surface area contributed by atoms with Gasteiger partial charge in [-0.2, -0.15) is 5.26 Å². The van der Waals surface area contributed by atoms with Gasteiger partial charge < -0.3 is 10.5 Å². The van der Waals surface area contributed by atoms with Gasteiger partial charge in [-0.25, -0.2) is 0 Å². The van der Waals surface area contributed by atoms with Crippen LogP contribution in [-0.2, 0) is 6.61 Å². The molecule has 20 heavy (non-hydrogen) atoms. The first-order valence-corrected chi connectivity index (χ1v) is 6.73. The number of nitrogens with two attached hydrogens (primary N) is 1. The van der Waals surface area contributed by atoms with Crippen molar-refractivity contribution in [2.24, 2.45) is 5.73 Å². The second kappa shape index (κ2) is 5.36. The molecule has 2 aromatic carbocycles. The topological polar surface area (TPSA) is 59.0 Å². The van der Waals surface area contributed by atoms with Crippen LogP contribution in [0.25, 0.3) is 0 Å². The van der Waals surface area contributed by atoms with Crippen molar-refractivity contribution in [3.05, 3.63) is 65.2 Å². The van der Waals surface area contributed by atoms with E-state index in [0.717, 1.165) is 17.7 Å². The highest BCUT2D eigenvalue weighted by molar-refractivity contribution is 5.34. The summed E-state index contributed by atoms with van der Waals surface area (Å²) in [6, 6.07) is 18.0. The molecule has 3 rings (SSSR count). The molecule has 0 radical (unpaired) electrons. The minimum atomic E-state index is 0.334. The highest BCUT2D eigenvalue weighted by atomic mass is 16.5. The van der Waals surface area contributed by atoms with E-state index in [9.17, 15) is 0 Å². The maximum Gasteiger partial charge on any atom is 0.119 e. The molecule has 1 aliphatic rings. The maximum atomic E-state index is 8.74. The van der Waals surface area contributed by atoms with Crippen LogP contribution in [-0.4, -0.2) is 6.04 Å². The first kappa shape index (κ1) is 12.7. The summed E-state index contributed by atoms with van der Waals surface area (Å²) in [6.07, 6.45) is 1.09. The molecule has 3 nitrogen and oxygen atoms in total. The van der Waals surface area contributed by atoms with E-state index in [-0.39, 0.29) is 0 Å². The van der Waals surface area contributed by atoms with Crippen molar-refractivity contribution < 1.29 is 4.74 Å². The summed E-state index contributed by atoms with van der Waals surface area (Å²) < 4.78 is 5.73. The van der Waals surface area contributed by atoms with Gasteiger partial charge >= 0.3 is 0 Å². The zero-order valence-electron chi connectivity index (χ0n) is 11.1. The number of hydrogen-bond acceptors (Lipinski definition) is 3. The van der Waals surface area contributed by atoms with E-state index in [1.54, 1.807) is 12.1 Å². The molecule has 3 heteroatoms. The van der Waals surface area contributed by atoms with Gasteiger partial charge in [0.05, 0.1) is 11.6 Å². The Labute approximate surface area is 118 Å². The van der Waals surface area contributed by atoms with Crippen LogP contribution in [0.1, 0.15) is 29.0 Å². The first-order chi connectivity index (χ1) is 9.76. The highest BCUT2D eigenvalue weighted by Gasteiger charge is 2.34. The van der Waals surface area contributed by atoms with Crippen molar-refractivity contribution in [1.29, 1.82) is 5.26 Å². The third-order valence-electron chi connectivity index (χ3n) is 3.64. The number of nitriles is 1. The molecule has 1 saturated carbocycles. The third-order valence-corrected chi connectivity index (χ3v) is 3.64. The van der Waals surface area contributed by atoms with Crippen LogP contribution in [0.4, 0.5) is 0 Å². The van der Waals surface area contributed by atoms with Gasteiger partial charge in [0.15, 0.2) is 0 Å². The summed E-state index contributed by atoms with van der Waals surface area (Å²) in [5.41, 5.74) is 8.85. The van der Waals surface area contributed by atoms with Crippen molar-refractivity contribution >= 4 is 0 Å². The Kier molecular flexibility index (Phi) is 3.41. The van der Waals surface area contributed by atoms with Gasteiger partial charge in [-0.15, -0.1) is 0 Å².